The Morgan fingerprint density at radius 3 is 2.75 bits per heavy atom. The van der Waals surface area contributed by atoms with Gasteiger partial charge in [0.1, 0.15) is 0 Å². The number of carbonyl (C=O) groups is 1. The predicted octanol–water partition coefficient (Wildman–Crippen LogP) is 2.68. The van der Waals surface area contributed by atoms with Gasteiger partial charge in [-0.15, -0.1) is 0 Å². The zero-order chi connectivity index (χ0) is 14.4. The van der Waals surface area contributed by atoms with Crippen LogP contribution in [0, 0.1) is 5.82 Å². The summed E-state index contributed by atoms with van der Waals surface area (Å²) in [5.74, 6) is -0.780. The molecule has 6 heteroatoms. The van der Waals surface area contributed by atoms with E-state index < -0.39 is 5.82 Å². The Kier molecular flexibility index (Phi) is 5.06. The van der Waals surface area contributed by atoms with Crippen LogP contribution in [0.15, 0.2) is 47.2 Å². The standard InChI is InChI=1S/C14H12BrFN2O2/c15-11-1-2-13(12(16)7-11)20-9-14(19)18-8-10-3-5-17-6-4-10/h1-7H,8-9H2,(H,18,19). The number of benzene rings is 1. The number of halogens is 2. The van der Waals surface area contributed by atoms with Crippen LogP contribution in [0.2, 0.25) is 0 Å². The molecule has 0 radical (unpaired) electrons. The average molecular weight is 339 g/mol. The SMILES string of the molecule is O=C(COc1ccc(Br)cc1F)NCc1ccncc1. The Hall–Kier alpha value is -1.95. The molecule has 0 saturated carbocycles. The van der Waals surface area contributed by atoms with Gasteiger partial charge in [0.05, 0.1) is 0 Å². The second-order valence-corrected chi connectivity index (χ2v) is 4.91. The molecule has 0 saturated heterocycles. The third kappa shape index (κ3) is 4.31. The fraction of sp³-hybridized carbons (Fsp3) is 0.143. The van der Waals surface area contributed by atoms with Crippen molar-refractivity contribution in [2.45, 2.75) is 6.54 Å². The summed E-state index contributed by atoms with van der Waals surface area (Å²) in [6.07, 6.45) is 3.30. The van der Waals surface area contributed by atoms with Gasteiger partial charge in [0, 0.05) is 23.4 Å². The number of aromatic nitrogens is 1. The number of hydrogen-bond acceptors (Lipinski definition) is 3. The maximum atomic E-state index is 13.5. The molecule has 0 bridgehead atoms. The van der Waals surface area contributed by atoms with E-state index >= 15 is 0 Å². The fourth-order valence-electron chi connectivity index (χ4n) is 1.49. The highest BCUT2D eigenvalue weighted by atomic mass is 79.9. The van der Waals surface area contributed by atoms with Crippen molar-refractivity contribution < 1.29 is 13.9 Å². The van der Waals surface area contributed by atoms with Crippen LogP contribution >= 0.6 is 15.9 Å². The van der Waals surface area contributed by atoms with Crippen molar-refractivity contribution in [3.63, 3.8) is 0 Å². The van der Waals surface area contributed by atoms with Gasteiger partial charge in [-0.25, -0.2) is 4.39 Å². The molecular formula is C14H12BrFN2O2. The number of pyridine rings is 1. The zero-order valence-corrected chi connectivity index (χ0v) is 12.1. The van der Waals surface area contributed by atoms with Crippen LogP contribution < -0.4 is 10.1 Å². The van der Waals surface area contributed by atoms with Gasteiger partial charge in [0.25, 0.3) is 5.91 Å². The van der Waals surface area contributed by atoms with Gasteiger partial charge in [0.15, 0.2) is 18.2 Å². The van der Waals surface area contributed by atoms with Crippen molar-refractivity contribution in [3.8, 4) is 5.75 Å². The number of nitrogens with one attached hydrogen (secondary N) is 1. The van der Waals surface area contributed by atoms with Crippen molar-refractivity contribution in [2.24, 2.45) is 0 Å². The lowest BCUT2D eigenvalue weighted by molar-refractivity contribution is -0.123. The van der Waals surface area contributed by atoms with E-state index in [2.05, 4.69) is 26.2 Å². The van der Waals surface area contributed by atoms with E-state index in [-0.39, 0.29) is 18.3 Å². The summed E-state index contributed by atoms with van der Waals surface area (Å²) >= 11 is 3.15. The van der Waals surface area contributed by atoms with Crippen molar-refractivity contribution in [1.82, 2.24) is 10.3 Å². The number of rotatable bonds is 5. The lowest BCUT2D eigenvalue weighted by Crippen LogP contribution is -2.28. The van der Waals surface area contributed by atoms with Crippen LogP contribution in [0.4, 0.5) is 4.39 Å². The normalized spacial score (nSPS) is 10.1. The van der Waals surface area contributed by atoms with Crippen LogP contribution in [0.3, 0.4) is 0 Å². The summed E-state index contributed by atoms with van der Waals surface area (Å²) in [6, 6.07) is 8.00. The molecule has 0 spiro atoms. The first kappa shape index (κ1) is 14.5. The first-order valence-corrected chi connectivity index (χ1v) is 6.68. The third-order valence-corrected chi connectivity index (χ3v) is 2.98. The van der Waals surface area contributed by atoms with Gasteiger partial charge in [-0.1, -0.05) is 15.9 Å². The number of hydrogen-bond donors (Lipinski definition) is 1. The maximum Gasteiger partial charge on any atom is 0.258 e. The summed E-state index contributed by atoms with van der Waals surface area (Å²) in [4.78, 5) is 15.5. The number of carbonyl (C=O) groups excluding carboxylic acids is 1. The maximum absolute atomic E-state index is 13.5. The Bertz CT molecular complexity index is 593. The van der Waals surface area contributed by atoms with Crippen LogP contribution in [0.25, 0.3) is 0 Å². The number of amides is 1. The van der Waals surface area contributed by atoms with Gasteiger partial charge in [-0.3, -0.25) is 9.78 Å². The first-order chi connectivity index (χ1) is 9.65. The summed E-state index contributed by atoms with van der Waals surface area (Å²) in [5, 5.41) is 2.68. The average Bonchev–Trinajstić information content (AvgIpc) is 2.45. The van der Waals surface area contributed by atoms with E-state index in [4.69, 9.17) is 4.74 Å². The molecule has 0 unspecified atom stereocenters. The lowest BCUT2D eigenvalue weighted by atomic mass is 10.3. The Morgan fingerprint density at radius 2 is 2.05 bits per heavy atom. The van der Waals surface area contributed by atoms with Gasteiger partial charge in [-0.05, 0) is 35.9 Å². The minimum Gasteiger partial charge on any atom is -0.481 e. The molecule has 1 heterocycles. The van der Waals surface area contributed by atoms with Gasteiger partial charge >= 0.3 is 0 Å². The molecule has 0 fully saturated rings. The van der Waals surface area contributed by atoms with E-state index in [1.165, 1.54) is 12.1 Å². The quantitative estimate of drug-likeness (QED) is 0.911. The smallest absolute Gasteiger partial charge is 0.258 e. The number of ether oxygens (including phenoxy) is 1. The van der Waals surface area contributed by atoms with Crippen molar-refractivity contribution in [1.29, 1.82) is 0 Å². The molecule has 1 aromatic carbocycles. The van der Waals surface area contributed by atoms with E-state index in [9.17, 15) is 9.18 Å². The first-order valence-electron chi connectivity index (χ1n) is 5.88. The minimum atomic E-state index is -0.513. The molecule has 104 valence electrons. The second-order valence-electron chi connectivity index (χ2n) is 4.00. The highest BCUT2D eigenvalue weighted by molar-refractivity contribution is 9.10. The van der Waals surface area contributed by atoms with E-state index in [1.807, 2.05) is 0 Å². The van der Waals surface area contributed by atoms with Gasteiger partial charge < -0.3 is 10.1 Å². The zero-order valence-electron chi connectivity index (χ0n) is 10.5. The Labute approximate surface area is 124 Å². The highest BCUT2D eigenvalue weighted by Crippen LogP contribution is 2.21. The Balaban J connectivity index is 1.80. The summed E-state index contributed by atoms with van der Waals surface area (Å²) < 4.78 is 19.2. The van der Waals surface area contributed by atoms with Crippen LogP contribution in [-0.2, 0) is 11.3 Å². The largest absolute Gasteiger partial charge is 0.481 e. The van der Waals surface area contributed by atoms with E-state index in [1.54, 1.807) is 30.6 Å². The summed E-state index contributed by atoms with van der Waals surface area (Å²) in [5.41, 5.74) is 0.933. The third-order valence-electron chi connectivity index (χ3n) is 2.49. The molecule has 2 aromatic rings. The molecule has 1 aromatic heterocycles. The highest BCUT2D eigenvalue weighted by Gasteiger charge is 2.07. The van der Waals surface area contributed by atoms with E-state index in [0.717, 1.165) is 5.56 Å². The van der Waals surface area contributed by atoms with Crippen LogP contribution in [0.5, 0.6) is 5.75 Å². The molecule has 20 heavy (non-hydrogen) atoms. The van der Waals surface area contributed by atoms with Crippen LogP contribution in [0.1, 0.15) is 5.56 Å². The summed E-state index contributed by atoms with van der Waals surface area (Å²) in [6.45, 7) is 0.150. The molecule has 0 aliphatic rings. The second kappa shape index (κ2) is 7.00. The topological polar surface area (TPSA) is 51.2 Å². The number of nitrogens with zero attached hydrogens (tertiary/aromatic N) is 1. The molecule has 4 nitrogen and oxygen atoms in total. The molecule has 1 amide bonds. The monoisotopic (exact) mass is 338 g/mol. The molecule has 0 atom stereocenters. The molecule has 1 N–H and O–H groups in total. The van der Waals surface area contributed by atoms with Crippen molar-refractivity contribution in [3.05, 3.63) is 58.6 Å². The molecular weight excluding hydrogens is 327 g/mol. The minimum absolute atomic E-state index is 0.0484. The van der Waals surface area contributed by atoms with Gasteiger partial charge in [-0.2, -0.15) is 0 Å². The van der Waals surface area contributed by atoms with Crippen molar-refractivity contribution >= 4 is 21.8 Å². The Morgan fingerprint density at radius 1 is 1.30 bits per heavy atom. The lowest BCUT2D eigenvalue weighted by Gasteiger charge is -2.08. The molecule has 0 aliphatic heterocycles. The summed E-state index contributed by atoms with van der Waals surface area (Å²) in [7, 11) is 0. The molecule has 2 rings (SSSR count). The van der Waals surface area contributed by atoms with Crippen molar-refractivity contribution in [2.75, 3.05) is 6.61 Å². The fourth-order valence-corrected chi connectivity index (χ4v) is 1.82. The van der Waals surface area contributed by atoms with E-state index in [0.29, 0.717) is 11.0 Å². The predicted molar refractivity (Wildman–Crippen MR) is 75.7 cm³/mol. The van der Waals surface area contributed by atoms with Gasteiger partial charge in [0.2, 0.25) is 0 Å². The molecule has 0 aliphatic carbocycles. The van der Waals surface area contributed by atoms with Crippen LogP contribution in [-0.4, -0.2) is 17.5 Å².